The summed E-state index contributed by atoms with van der Waals surface area (Å²) < 4.78 is 7.41. The SMILES string of the molecule is CCc1nncn1CCNC(=NCc1ccccc1Cl)NCc1ccco1. The van der Waals surface area contributed by atoms with E-state index in [2.05, 4.69) is 32.7 Å². The second-order valence-electron chi connectivity index (χ2n) is 5.91. The standard InChI is InChI=1S/C19H23ClN6O/c1-2-18-25-24-14-26(18)10-9-21-19(23-13-16-7-5-11-27-16)22-12-15-6-3-4-8-17(15)20/h3-8,11,14H,2,9-10,12-13H2,1H3,(H2,21,22,23). The van der Waals surface area contributed by atoms with Crippen LogP contribution in [0.2, 0.25) is 5.02 Å². The fourth-order valence-electron chi connectivity index (χ4n) is 2.58. The van der Waals surface area contributed by atoms with Gasteiger partial charge in [-0.15, -0.1) is 10.2 Å². The molecule has 0 aliphatic heterocycles. The lowest BCUT2D eigenvalue weighted by molar-refractivity contribution is 0.501. The number of hydrogen-bond acceptors (Lipinski definition) is 4. The van der Waals surface area contributed by atoms with Gasteiger partial charge in [0.25, 0.3) is 0 Å². The van der Waals surface area contributed by atoms with Crippen molar-refractivity contribution in [2.24, 2.45) is 4.99 Å². The van der Waals surface area contributed by atoms with E-state index >= 15 is 0 Å². The average molecular weight is 387 g/mol. The predicted molar refractivity (Wildman–Crippen MR) is 106 cm³/mol. The van der Waals surface area contributed by atoms with Crippen LogP contribution in [-0.4, -0.2) is 27.3 Å². The summed E-state index contributed by atoms with van der Waals surface area (Å²) >= 11 is 6.23. The van der Waals surface area contributed by atoms with E-state index in [1.54, 1.807) is 12.6 Å². The molecule has 0 unspecified atom stereocenters. The third-order valence-electron chi connectivity index (χ3n) is 4.03. The summed E-state index contributed by atoms with van der Waals surface area (Å²) in [5.41, 5.74) is 0.977. The number of rotatable bonds is 8. The zero-order chi connectivity index (χ0) is 18.9. The molecule has 0 atom stereocenters. The zero-order valence-corrected chi connectivity index (χ0v) is 16.0. The Morgan fingerprint density at radius 3 is 2.89 bits per heavy atom. The Labute approximate surface area is 163 Å². The fourth-order valence-corrected chi connectivity index (χ4v) is 2.78. The van der Waals surface area contributed by atoms with E-state index in [9.17, 15) is 0 Å². The summed E-state index contributed by atoms with van der Waals surface area (Å²) in [7, 11) is 0. The highest BCUT2D eigenvalue weighted by Crippen LogP contribution is 2.15. The molecule has 3 aromatic rings. The van der Waals surface area contributed by atoms with Gasteiger partial charge in [-0.2, -0.15) is 0 Å². The highest BCUT2D eigenvalue weighted by atomic mass is 35.5. The van der Waals surface area contributed by atoms with Crippen molar-refractivity contribution < 1.29 is 4.42 Å². The molecular formula is C19H23ClN6O. The van der Waals surface area contributed by atoms with E-state index in [0.29, 0.717) is 30.6 Å². The smallest absolute Gasteiger partial charge is 0.192 e. The Kier molecular flexibility index (Phi) is 6.87. The van der Waals surface area contributed by atoms with Gasteiger partial charge in [0, 0.05) is 24.5 Å². The summed E-state index contributed by atoms with van der Waals surface area (Å²) in [6.45, 7) is 4.55. The molecule has 0 bridgehead atoms. The van der Waals surface area contributed by atoms with E-state index in [-0.39, 0.29) is 0 Å². The number of benzene rings is 1. The van der Waals surface area contributed by atoms with Gasteiger partial charge >= 0.3 is 0 Å². The number of furan rings is 1. The normalized spacial score (nSPS) is 11.6. The van der Waals surface area contributed by atoms with Crippen molar-refractivity contribution in [1.82, 2.24) is 25.4 Å². The van der Waals surface area contributed by atoms with E-state index in [4.69, 9.17) is 16.0 Å². The number of guanidine groups is 1. The summed E-state index contributed by atoms with van der Waals surface area (Å²) in [5.74, 6) is 2.50. The van der Waals surface area contributed by atoms with Gasteiger partial charge < -0.3 is 19.6 Å². The van der Waals surface area contributed by atoms with Crippen LogP contribution in [0.25, 0.3) is 0 Å². The highest BCUT2D eigenvalue weighted by molar-refractivity contribution is 6.31. The number of hydrogen-bond donors (Lipinski definition) is 2. The molecule has 1 aromatic carbocycles. The average Bonchev–Trinajstić information content (AvgIpc) is 3.36. The first-order valence-corrected chi connectivity index (χ1v) is 9.28. The van der Waals surface area contributed by atoms with Crippen LogP contribution in [0.15, 0.2) is 58.4 Å². The van der Waals surface area contributed by atoms with Crippen molar-refractivity contribution in [3.63, 3.8) is 0 Å². The molecule has 27 heavy (non-hydrogen) atoms. The number of nitrogens with zero attached hydrogens (tertiary/aromatic N) is 4. The number of halogens is 1. The maximum atomic E-state index is 6.23. The van der Waals surface area contributed by atoms with Gasteiger partial charge in [0.1, 0.15) is 17.9 Å². The molecule has 7 nitrogen and oxygen atoms in total. The topological polar surface area (TPSA) is 80.3 Å². The number of nitrogens with one attached hydrogen (secondary N) is 2. The minimum absolute atomic E-state index is 0.486. The monoisotopic (exact) mass is 386 g/mol. The van der Waals surface area contributed by atoms with Gasteiger partial charge in [-0.1, -0.05) is 36.7 Å². The van der Waals surface area contributed by atoms with Crippen molar-refractivity contribution in [3.8, 4) is 0 Å². The van der Waals surface area contributed by atoms with E-state index < -0.39 is 0 Å². The number of aromatic nitrogens is 3. The maximum Gasteiger partial charge on any atom is 0.192 e. The summed E-state index contributed by atoms with van der Waals surface area (Å²) in [6, 6.07) is 11.5. The molecule has 0 amide bonds. The van der Waals surface area contributed by atoms with Crippen LogP contribution >= 0.6 is 11.6 Å². The molecule has 2 N–H and O–H groups in total. The number of aliphatic imine (C=N–C) groups is 1. The van der Waals surface area contributed by atoms with E-state index in [1.165, 1.54) is 0 Å². The molecule has 0 radical (unpaired) electrons. The van der Waals surface area contributed by atoms with Crippen LogP contribution in [0.4, 0.5) is 0 Å². The summed E-state index contributed by atoms with van der Waals surface area (Å²) in [6.07, 6.45) is 4.25. The van der Waals surface area contributed by atoms with Crippen molar-refractivity contribution in [2.45, 2.75) is 33.0 Å². The van der Waals surface area contributed by atoms with Crippen molar-refractivity contribution >= 4 is 17.6 Å². The Morgan fingerprint density at radius 2 is 2.11 bits per heavy atom. The van der Waals surface area contributed by atoms with Crippen LogP contribution in [0.3, 0.4) is 0 Å². The first-order valence-electron chi connectivity index (χ1n) is 8.91. The molecule has 142 valence electrons. The van der Waals surface area contributed by atoms with Gasteiger partial charge in [0.2, 0.25) is 0 Å². The minimum Gasteiger partial charge on any atom is -0.467 e. The second kappa shape index (κ2) is 9.78. The third-order valence-corrected chi connectivity index (χ3v) is 4.40. The van der Waals surface area contributed by atoms with Gasteiger partial charge in [-0.25, -0.2) is 4.99 Å². The van der Waals surface area contributed by atoms with Gasteiger partial charge in [0.05, 0.1) is 19.4 Å². The van der Waals surface area contributed by atoms with Crippen molar-refractivity contribution in [2.75, 3.05) is 6.54 Å². The van der Waals surface area contributed by atoms with Gasteiger partial charge in [-0.05, 0) is 23.8 Å². The van der Waals surface area contributed by atoms with Gasteiger partial charge in [0.15, 0.2) is 5.96 Å². The first-order chi connectivity index (χ1) is 13.3. The lowest BCUT2D eigenvalue weighted by Crippen LogP contribution is -2.38. The second-order valence-corrected chi connectivity index (χ2v) is 6.32. The lowest BCUT2D eigenvalue weighted by Gasteiger charge is -2.13. The van der Waals surface area contributed by atoms with Crippen molar-refractivity contribution in [3.05, 3.63) is 71.2 Å². The Morgan fingerprint density at radius 1 is 1.22 bits per heavy atom. The Hall–Kier alpha value is -2.80. The molecule has 8 heteroatoms. The largest absolute Gasteiger partial charge is 0.467 e. The molecule has 0 saturated carbocycles. The molecule has 3 rings (SSSR count). The first kappa shape index (κ1) is 19.0. The fraction of sp³-hybridized carbons (Fsp3) is 0.316. The van der Waals surface area contributed by atoms with Crippen LogP contribution in [0.1, 0.15) is 24.1 Å². The highest BCUT2D eigenvalue weighted by Gasteiger charge is 2.05. The zero-order valence-electron chi connectivity index (χ0n) is 15.2. The molecular weight excluding hydrogens is 364 g/mol. The van der Waals surface area contributed by atoms with Crippen LogP contribution in [-0.2, 0) is 26.1 Å². The molecule has 0 aliphatic rings. The molecule has 0 spiro atoms. The Balaban J connectivity index is 1.61. The Bertz CT molecular complexity index is 859. The van der Waals surface area contributed by atoms with Crippen LogP contribution in [0.5, 0.6) is 0 Å². The van der Waals surface area contributed by atoms with Crippen molar-refractivity contribution in [1.29, 1.82) is 0 Å². The molecule has 2 heterocycles. The lowest BCUT2D eigenvalue weighted by atomic mass is 10.2. The molecule has 0 saturated heterocycles. The molecule has 0 aliphatic carbocycles. The van der Waals surface area contributed by atoms with E-state index in [0.717, 1.165) is 30.1 Å². The van der Waals surface area contributed by atoms with Gasteiger partial charge in [-0.3, -0.25) is 0 Å². The van der Waals surface area contributed by atoms with Crippen LogP contribution in [0, 0.1) is 0 Å². The van der Waals surface area contributed by atoms with E-state index in [1.807, 2.05) is 41.0 Å². The maximum absolute atomic E-state index is 6.23. The third kappa shape index (κ3) is 5.59. The molecule has 0 fully saturated rings. The summed E-state index contributed by atoms with van der Waals surface area (Å²) in [4.78, 5) is 4.64. The summed E-state index contributed by atoms with van der Waals surface area (Å²) in [5, 5.41) is 15.4. The number of aryl methyl sites for hydroxylation is 1. The van der Waals surface area contributed by atoms with Crippen LogP contribution < -0.4 is 10.6 Å². The predicted octanol–water partition coefficient (Wildman–Crippen LogP) is 3.02. The minimum atomic E-state index is 0.486. The quantitative estimate of drug-likeness (QED) is 0.459. The molecule has 2 aromatic heterocycles.